The number of thiophene rings is 1. The van der Waals surface area contributed by atoms with Crippen LogP contribution in [-0.2, 0) is 13.0 Å². The smallest absolute Gasteiger partial charge is 0.393 e. The molecule has 2 fully saturated rings. The third-order valence-electron chi connectivity index (χ3n) is 6.41. The summed E-state index contributed by atoms with van der Waals surface area (Å²) in [5.74, 6) is 2.49. The molecule has 176 valence electrons. The molecule has 2 aliphatic rings. The maximum absolute atomic E-state index is 12.9. The highest BCUT2D eigenvalue weighted by atomic mass is 32.1. The van der Waals surface area contributed by atoms with Crippen molar-refractivity contribution in [2.45, 2.75) is 32.5 Å². The summed E-state index contributed by atoms with van der Waals surface area (Å²) in [6.07, 6.45) is -0.695. The van der Waals surface area contributed by atoms with Gasteiger partial charge in [0, 0.05) is 43.3 Å². The Bertz CT molecular complexity index is 1100. The van der Waals surface area contributed by atoms with Crippen LogP contribution in [-0.4, -0.2) is 58.8 Å². The molecule has 6 nitrogen and oxygen atoms in total. The lowest BCUT2D eigenvalue weighted by Gasteiger charge is -2.34. The van der Waals surface area contributed by atoms with E-state index in [1.807, 2.05) is 19.2 Å². The van der Waals surface area contributed by atoms with Crippen molar-refractivity contribution in [2.24, 2.45) is 11.8 Å². The zero-order chi connectivity index (χ0) is 23.0. The van der Waals surface area contributed by atoms with Crippen LogP contribution in [0.4, 0.5) is 19.0 Å². The van der Waals surface area contributed by atoms with Gasteiger partial charge < -0.3 is 9.64 Å². The van der Waals surface area contributed by atoms with Crippen molar-refractivity contribution in [1.82, 2.24) is 19.9 Å². The monoisotopic (exact) mass is 477 g/mol. The number of piperidine rings is 1. The Morgan fingerprint density at radius 2 is 1.97 bits per heavy atom. The van der Waals surface area contributed by atoms with E-state index in [-0.39, 0.29) is 4.88 Å². The second kappa shape index (κ2) is 9.06. The molecule has 0 aliphatic carbocycles. The van der Waals surface area contributed by atoms with E-state index in [2.05, 4.69) is 30.8 Å². The van der Waals surface area contributed by atoms with Gasteiger partial charge >= 0.3 is 6.18 Å². The van der Waals surface area contributed by atoms with E-state index in [9.17, 15) is 13.2 Å². The Kier molecular flexibility index (Phi) is 6.13. The average molecular weight is 478 g/mol. The standard InChI is InChI=1S/C23H26F3N5OS/c1-2-32-20-4-3-15(9-27-20)10-30-6-5-16-12-31(13-17(16)11-30)21-19-7-18(8-23(24,25)26)33-22(19)29-14-28-21/h3-4,7,9,14,16-17H,2,5-6,8,10-13H2,1H3/t16-,17+/m1/s1. The minimum atomic E-state index is -4.22. The van der Waals surface area contributed by atoms with E-state index in [1.54, 1.807) is 6.07 Å². The van der Waals surface area contributed by atoms with Crippen LogP contribution in [0.15, 0.2) is 30.7 Å². The van der Waals surface area contributed by atoms with Crippen molar-refractivity contribution >= 4 is 27.4 Å². The number of hydrogen-bond donors (Lipinski definition) is 0. The highest BCUT2D eigenvalue weighted by Crippen LogP contribution is 2.38. The maximum Gasteiger partial charge on any atom is 0.393 e. The van der Waals surface area contributed by atoms with Crippen LogP contribution >= 0.6 is 11.3 Å². The molecule has 5 heterocycles. The highest BCUT2D eigenvalue weighted by molar-refractivity contribution is 7.18. The summed E-state index contributed by atoms with van der Waals surface area (Å²) in [5, 5.41) is 0.734. The fourth-order valence-electron chi connectivity index (χ4n) is 4.99. The number of fused-ring (bicyclic) bond motifs is 2. The lowest BCUT2D eigenvalue weighted by Crippen LogP contribution is -2.39. The molecule has 0 N–H and O–H groups in total. The molecule has 3 aromatic rings. The predicted molar refractivity (Wildman–Crippen MR) is 122 cm³/mol. The van der Waals surface area contributed by atoms with Crippen LogP contribution in [0.2, 0.25) is 0 Å². The van der Waals surface area contributed by atoms with E-state index in [4.69, 9.17) is 4.74 Å². The van der Waals surface area contributed by atoms with Crippen molar-refractivity contribution in [3.05, 3.63) is 41.2 Å². The Morgan fingerprint density at radius 1 is 1.12 bits per heavy atom. The number of likely N-dealkylation sites (tertiary alicyclic amines) is 1. The van der Waals surface area contributed by atoms with Gasteiger partial charge in [-0.25, -0.2) is 15.0 Å². The molecule has 2 atom stereocenters. The van der Waals surface area contributed by atoms with Crippen LogP contribution in [0, 0.1) is 11.8 Å². The topological polar surface area (TPSA) is 54.4 Å². The zero-order valence-electron chi connectivity index (χ0n) is 18.4. The summed E-state index contributed by atoms with van der Waals surface area (Å²) < 4.78 is 44.0. The summed E-state index contributed by atoms with van der Waals surface area (Å²) in [5.41, 5.74) is 1.17. The summed E-state index contributed by atoms with van der Waals surface area (Å²) in [6, 6.07) is 5.60. The lowest BCUT2D eigenvalue weighted by atomic mass is 9.88. The van der Waals surface area contributed by atoms with Crippen molar-refractivity contribution in [2.75, 3.05) is 37.7 Å². The minimum Gasteiger partial charge on any atom is -0.478 e. The van der Waals surface area contributed by atoms with E-state index in [0.717, 1.165) is 61.7 Å². The Labute approximate surface area is 194 Å². The van der Waals surface area contributed by atoms with Gasteiger partial charge in [-0.1, -0.05) is 6.07 Å². The fourth-order valence-corrected chi connectivity index (χ4v) is 6.01. The normalized spacial score (nSPS) is 21.5. The number of halogens is 3. The van der Waals surface area contributed by atoms with Gasteiger partial charge in [0.15, 0.2) is 0 Å². The van der Waals surface area contributed by atoms with Crippen LogP contribution in [0.3, 0.4) is 0 Å². The molecule has 0 radical (unpaired) electrons. The van der Waals surface area contributed by atoms with Gasteiger partial charge in [0.1, 0.15) is 17.0 Å². The molecule has 2 aliphatic heterocycles. The largest absolute Gasteiger partial charge is 0.478 e. The number of hydrogen-bond acceptors (Lipinski definition) is 7. The minimum absolute atomic E-state index is 0.283. The van der Waals surface area contributed by atoms with Crippen molar-refractivity contribution < 1.29 is 17.9 Å². The first kappa shape index (κ1) is 22.3. The van der Waals surface area contributed by atoms with Crippen molar-refractivity contribution in [1.29, 1.82) is 0 Å². The molecular formula is C23H26F3N5OS. The summed E-state index contributed by atoms with van der Waals surface area (Å²) in [6.45, 7) is 7.16. The summed E-state index contributed by atoms with van der Waals surface area (Å²) in [4.78, 5) is 18.7. The summed E-state index contributed by atoms with van der Waals surface area (Å²) in [7, 11) is 0. The van der Waals surface area contributed by atoms with Crippen LogP contribution in [0.1, 0.15) is 23.8 Å². The van der Waals surface area contributed by atoms with Gasteiger partial charge in [-0.15, -0.1) is 11.3 Å². The van der Waals surface area contributed by atoms with Crippen molar-refractivity contribution in [3.8, 4) is 5.88 Å². The van der Waals surface area contributed by atoms with Gasteiger partial charge in [0.2, 0.25) is 5.88 Å². The first-order chi connectivity index (χ1) is 15.9. The fraction of sp³-hybridized carbons (Fsp3) is 0.522. The maximum atomic E-state index is 12.9. The zero-order valence-corrected chi connectivity index (χ0v) is 19.2. The third-order valence-corrected chi connectivity index (χ3v) is 7.46. The van der Waals surface area contributed by atoms with Crippen LogP contribution < -0.4 is 9.64 Å². The number of pyridine rings is 1. The molecule has 5 rings (SSSR count). The molecule has 33 heavy (non-hydrogen) atoms. The number of nitrogens with zero attached hydrogens (tertiary/aromatic N) is 5. The molecule has 10 heteroatoms. The highest BCUT2D eigenvalue weighted by Gasteiger charge is 2.38. The van der Waals surface area contributed by atoms with Crippen LogP contribution in [0.5, 0.6) is 5.88 Å². The van der Waals surface area contributed by atoms with Crippen LogP contribution in [0.25, 0.3) is 10.2 Å². The molecule has 0 amide bonds. The summed E-state index contributed by atoms with van der Waals surface area (Å²) >= 11 is 1.11. The van der Waals surface area contributed by atoms with Crippen molar-refractivity contribution in [3.63, 3.8) is 0 Å². The molecule has 3 aromatic heterocycles. The predicted octanol–water partition coefficient (Wildman–Crippen LogP) is 4.55. The number of anilines is 1. The van der Waals surface area contributed by atoms with Gasteiger partial charge in [0.25, 0.3) is 0 Å². The second-order valence-corrected chi connectivity index (χ2v) is 9.92. The van der Waals surface area contributed by atoms with Gasteiger partial charge in [-0.3, -0.25) is 4.90 Å². The third kappa shape index (κ3) is 5.06. The SMILES string of the molecule is CCOc1ccc(CN2CC[C@@H]3CN(c4ncnc5sc(CC(F)(F)F)cc45)C[C@@H]3C2)cn1. The Hall–Kier alpha value is -2.46. The van der Waals surface area contributed by atoms with E-state index in [0.29, 0.717) is 29.2 Å². The Morgan fingerprint density at radius 3 is 2.73 bits per heavy atom. The van der Waals surface area contributed by atoms with Gasteiger partial charge in [-0.2, -0.15) is 13.2 Å². The Balaban J connectivity index is 1.26. The molecule has 0 bridgehead atoms. The molecule has 2 saturated heterocycles. The number of aromatic nitrogens is 3. The molecule has 0 spiro atoms. The molecule has 0 unspecified atom stereocenters. The van der Waals surface area contributed by atoms with E-state index < -0.39 is 12.6 Å². The first-order valence-corrected chi connectivity index (χ1v) is 12.0. The van der Waals surface area contributed by atoms with E-state index >= 15 is 0 Å². The number of ether oxygens (including phenoxy) is 1. The van der Waals surface area contributed by atoms with Gasteiger partial charge in [-0.05, 0) is 43.4 Å². The van der Waals surface area contributed by atoms with E-state index in [1.165, 1.54) is 11.9 Å². The second-order valence-electron chi connectivity index (χ2n) is 8.81. The quantitative estimate of drug-likeness (QED) is 0.519. The molecular weight excluding hydrogens is 451 g/mol. The lowest BCUT2D eigenvalue weighted by molar-refractivity contribution is -0.126. The first-order valence-electron chi connectivity index (χ1n) is 11.2. The molecule has 0 saturated carbocycles. The average Bonchev–Trinajstić information content (AvgIpc) is 3.36. The number of alkyl halides is 3. The van der Waals surface area contributed by atoms with Gasteiger partial charge in [0.05, 0.1) is 18.4 Å². The number of rotatable bonds is 6. The molecule has 0 aromatic carbocycles.